The topological polar surface area (TPSA) is 50.3 Å². The van der Waals surface area contributed by atoms with Gasteiger partial charge in [0.25, 0.3) is 0 Å². The third kappa shape index (κ3) is 3.83. The molecule has 146 valence electrons. The summed E-state index contributed by atoms with van der Waals surface area (Å²) < 4.78 is 8.27. The molecular weight excluding hydrogens is 338 g/mol. The van der Waals surface area contributed by atoms with Crippen molar-refractivity contribution in [3.05, 3.63) is 35.3 Å². The molecule has 0 atom stereocenters. The fraction of sp³-hybridized carbons (Fsp3) is 0.714. The van der Waals surface area contributed by atoms with Crippen molar-refractivity contribution in [2.45, 2.75) is 70.5 Å². The summed E-state index contributed by atoms with van der Waals surface area (Å²) >= 11 is 0. The lowest BCUT2D eigenvalue weighted by atomic mass is 9.95. The van der Waals surface area contributed by atoms with E-state index < -0.39 is 0 Å². The first-order valence-electron chi connectivity index (χ1n) is 10.7. The van der Waals surface area contributed by atoms with Crippen molar-refractivity contribution in [1.82, 2.24) is 24.6 Å². The molecule has 0 bridgehead atoms. The Hall–Kier alpha value is -1.66. The Morgan fingerprint density at radius 1 is 0.926 bits per heavy atom. The molecule has 3 fully saturated rings. The van der Waals surface area contributed by atoms with Crippen molar-refractivity contribution in [2.24, 2.45) is 0 Å². The number of likely N-dealkylation sites (tertiary alicyclic amines) is 2. The first-order chi connectivity index (χ1) is 13.3. The maximum absolute atomic E-state index is 5.75. The van der Waals surface area contributed by atoms with E-state index in [0.717, 1.165) is 37.7 Å². The Kier molecular flexibility index (Phi) is 4.78. The molecule has 2 aromatic heterocycles. The summed E-state index contributed by atoms with van der Waals surface area (Å²) in [4.78, 5) is 5.05. The van der Waals surface area contributed by atoms with E-state index in [0.29, 0.717) is 12.0 Å². The van der Waals surface area contributed by atoms with Gasteiger partial charge >= 0.3 is 0 Å². The maximum Gasteiger partial charge on any atom is 0.147 e. The molecule has 0 spiro atoms. The van der Waals surface area contributed by atoms with Gasteiger partial charge in [0.2, 0.25) is 0 Å². The van der Waals surface area contributed by atoms with Gasteiger partial charge in [0.15, 0.2) is 0 Å². The lowest BCUT2D eigenvalue weighted by Crippen LogP contribution is -2.33. The van der Waals surface area contributed by atoms with E-state index >= 15 is 0 Å². The molecule has 0 amide bonds. The third-order valence-electron chi connectivity index (χ3n) is 6.40. The fourth-order valence-corrected chi connectivity index (χ4v) is 4.73. The van der Waals surface area contributed by atoms with Gasteiger partial charge in [-0.2, -0.15) is 0 Å². The lowest BCUT2D eigenvalue weighted by molar-refractivity contribution is 0.186. The molecule has 6 heteroatoms. The largest absolute Gasteiger partial charge is 0.465 e. The van der Waals surface area contributed by atoms with E-state index in [9.17, 15) is 0 Å². The monoisotopic (exact) mass is 369 g/mol. The fourth-order valence-electron chi connectivity index (χ4n) is 4.73. The first-order valence-corrected chi connectivity index (χ1v) is 10.7. The van der Waals surface area contributed by atoms with Crippen LogP contribution in [0.1, 0.15) is 73.7 Å². The second kappa shape index (κ2) is 7.40. The van der Waals surface area contributed by atoms with Crippen molar-refractivity contribution < 1.29 is 4.42 Å². The lowest BCUT2D eigenvalue weighted by Gasteiger charge is -2.31. The van der Waals surface area contributed by atoms with Crippen LogP contribution in [0.15, 0.2) is 16.5 Å². The van der Waals surface area contributed by atoms with Crippen LogP contribution in [0.3, 0.4) is 0 Å². The Morgan fingerprint density at radius 3 is 2.33 bits per heavy atom. The van der Waals surface area contributed by atoms with Crippen LogP contribution >= 0.6 is 0 Å². The van der Waals surface area contributed by atoms with E-state index in [2.05, 4.69) is 31.6 Å². The summed E-state index contributed by atoms with van der Waals surface area (Å²) in [6.07, 6.45) is 7.61. The number of rotatable bonds is 6. The highest BCUT2D eigenvalue weighted by atomic mass is 16.3. The van der Waals surface area contributed by atoms with Gasteiger partial charge in [-0.15, -0.1) is 10.2 Å². The Morgan fingerprint density at radius 2 is 1.67 bits per heavy atom. The van der Waals surface area contributed by atoms with Crippen LogP contribution in [0.4, 0.5) is 0 Å². The average molecular weight is 370 g/mol. The van der Waals surface area contributed by atoms with E-state index in [1.807, 2.05) is 6.92 Å². The molecule has 4 heterocycles. The number of aryl methyl sites for hydroxylation is 1. The van der Waals surface area contributed by atoms with Crippen LogP contribution < -0.4 is 0 Å². The minimum Gasteiger partial charge on any atom is -0.465 e. The summed E-state index contributed by atoms with van der Waals surface area (Å²) in [5, 5.41) is 9.35. The first kappa shape index (κ1) is 17.4. The van der Waals surface area contributed by atoms with Gasteiger partial charge in [-0.3, -0.25) is 9.80 Å². The predicted octanol–water partition coefficient (Wildman–Crippen LogP) is 3.49. The summed E-state index contributed by atoms with van der Waals surface area (Å²) in [6.45, 7) is 8.60. The molecule has 0 N–H and O–H groups in total. The summed E-state index contributed by atoms with van der Waals surface area (Å²) in [5.41, 5.74) is 0. The van der Waals surface area contributed by atoms with Crippen molar-refractivity contribution in [3.63, 3.8) is 0 Å². The van der Waals surface area contributed by atoms with Crippen LogP contribution in [0, 0.1) is 6.92 Å². The zero-order valence-electron chi connectivity index (χ0n) is 16.4. The molecule has 1 saturated carbocycles. The van der Waals surface area contributed by atoms with Crippen molar-refractivity contribution in [2.75, 3.05) is 26.2 Å². The molecule has 2 saturated heterocycles. The number of piperidine rings is 1. The second-order valence-corrected chi connectivity index (χ2v) is 8.62. The normalized spacial score (nSPS) is 22.7. The van der Waals surface area contributed by atoms with Crippen LogP contribution in [-0.4, -0.2) is 50.7 Å². The number of aromatic nitrogens is 3. The molecule has 27 heavy (non-hydrogen) atoms. The van der Waals surface area contributed by atoms with Crippen molar-refractivity contribution in [3.8, 4) is 0 Å². The van der Waals surface area contributed by atoms with Gasteiger partial charge in [-0.05, 0) is 83.8 Å². The molecule has 0 radical (unpaired) electrons. The van der Waals surface area contributed by atoms with E-state index in [1.54, 1.807) is 0 Å². The molecule has 0 aromatic carbocycles. The number of furan rings is 1. The quantitative estimate of drug-likeness (QED) is 0.780. The van der Waals surface area contributed by atoms with Gasteiger partial charge in [0.05, 0.1) is 13.1 Å². The molecule has 3 aliphatic rings. The maximum atomic E-state index is 5.75. The number of hydrogen-bond donors (Lipinski definition) is 0. The highest BCUT2D eigenvalue weighted by Crippen LogP contribution is 2.40. The minimum absolute atomic E-state index is 0.556. The van der Waals surface area contributed by atoms with E-state index in [-0.39, 0.29) is 0 Å². The Labute approximate surface area is 161 Å². The molecule has 2 aromatic rings. The summed E-state index contributed by atoms with van der Waals surface area (Å²) in [5.74, 6) is 5.12. The summed E-state index contributed by atoms with van der Waals surface area (Å²) in [6, 6.07) is 4.83. The smallest absolute Gasteiger partial charge is 0.147 e. The zero-order valence-corrected chi connectivity index (χ0v) is 16.4. The van der Waals surface area contributed by atoms with E-state index in [1.165, 1.54) is 63.3 Å². The Bertz CT molecular complexity index is 763. The molecular formula is C21H31N5O. The molecule has 6 nitrogen and oxygen atoms in total. The second-order valence-electron chi connectivity index (χ2n) is 8.62. The Balaban J connectivity index is 1.24. The molecule has 1 aliphatic carbocycles. The number of nitrogens with zero attached hydrogens (tertiary/aromatic N) is 5. The minimum atomic E-state index is 0.556. The van der Waals surface area contributed by atoms with Crippen LogP contribution in [0.2, 0.25) is 0 Å². The van der Waals surface area contributed by atoms with Crippen LogP contribution in [0.5, 0.6) is 0 Å². The van der Waals surface area contributed by atoms with Gasteiger partial charge in [-0.25, -0.2) is 0 Å². The standard InChI is InChI=1S/C21H31N5O/c1-16-4-7-19(27-16)14-25-12-8-17(9-13-25)21-23-22-20(26(21)18-5-6-18)15-24-10-2-3-11-24/h4,7,17-18H,2-3,5-6,8-15H2,1H3. The van der Waals surface area contributed by atoms with E-state index in [4.69, 9.17) is 9.52 Å². The third-order valence-corrected chi connectivity index (χ3v) is 6.40. The predicted molar refractivity (Wildman–Crippen MR) is 104 cm³/mol. The number of hydrogen-bond acceptors (Lipinski definition) is 5. The molecule has 5 rings (SSSR count). The van der Waals surface area contributed by atoms with Crippen LogP contribution in [-0.2, 0) is 13.1 Å². The highest BCUT2D eigenvalue weighted by Gasteiger charge is 2.34. The van der Waals surface area contributed by atoms with Gasteiger partial charge in [0, 0.05) is 12.0 Å². The van der Waals surface area contributed by atoms with Gasteiger partial charge in [-0.1, -0.05) is 0 Å². The van der Waals surface area contributed by atoms with Gasteiger partial charge in [0.1, 0.15) is 23.2 Å². The average Bonchev–Trinajstić information content (AvgIpc) is 3.05. The van der Waals surface area contributed by atoms with Gasteiger partial charge < -0.3 is 8.98 Å². The summed E-state index contributed by atoms with van der Waals surface area (Å²) in [7, 11) is 0. The van der Waals surface area contributed by atoms with Crippen LogP contribution in [0.25, 0.3) is 0 Å². The highest BCUT2D eigenvalue weighted by molar-refractivity contribution is 5.10. The molecule has 0 unspecified atom stereocenters. The molecule has 2 aliphatic heterocycles. The van der Waals surface area contributed by atoms with Crippen molar-refractivity contribution in [1.29, 1.82) is 0 Å². The van der Waals surface area contributed by atoms with Crippen molar-refractivity contribution >= 4 is 0 Å². The zero-order chi connectivity index (χ0) is 18.2. The SMILES string of the molecule is Cc1ccc(CN2CCC(c3nnc(CN4CCCC4)n3C3CC3)CC2)o1.